The predicted octanol–water partition coefficient (Wildman–Crippen LogP) is 2.24. The second-order valence-electron chi connectivity index (χ2n) is 6.27. The van der Waals surface area contributed by atoms with E-state index >= 15 is 0 Å². The van der Waals surface area contributed by atoms with E-state index in [2.05, 4.69) is 19.2 Å². The molecule has 0 radical (unpaired) electrons. The Bertz CT molecular complexity index is 435. The maximum Gasteiger partial charge on any atom is 0.230 e. The highest BCUT2D eigenvalue weighted by Gasteiger charge is 2.51. The number of amides is 1. The molecule has 0 aromatic heterocycles. The molecule has 0 heterocycles. The minimum Gasteiger partial charge on any atom is -0.396 e. The van der Waals surface area contributed by atoms with E-state index in [0.717, 1.165) is 18.4 Å². The van der Waals surface area contributed by atoms with Gasteiger partial charge in [-0.25, -0.2) is 0 Å². The number of hydrogen-bond donors (Lipinski definition) is 2. The molecule has 0 aliphatic heterocycles. The fourth-order valence-corrected chi connectivity index (χ4v) is 2.41. The van der Waals surface area contributed by atoms with Crippen molar-refractivity contribution >= 4 is 5.91 Å². The zero-order chi connectivity index (χ0) is 13.9. The van der Waals surface area contributed by atoms with Crippen LogP contribution in [0.25, 0.3) is 0 Å². The number of rotatable bonds is 6. The van der Waals surface area contributed by atoms with Gasteiger partial charge in [-0.1, -0.05) is 44.2 Å². The molecule has 0 saturated heterocycles. The van der Waals surface area contributed by atoms with E-state index in [1.54, 1.807) is 0 Å². The molecule has 0 atom stereocenters. The quantitative estimate of drug-likeness (QED) is 0.825. The van der Waals surface area contributed by atoms with Gasteiger partial charge in [0.15, 0.2) is 0 Å². The molecule has 1 amide bonds. The summed E-state index contributed by atoms with van der Waals surface area (Å²) in [7, 11) is 0. The summed E-state index contributed by atoms with van der Waals surface area (Å²) in [5.41, 5.74) is 0.765. The van der Waals surface area contributed by atoms with Gasteiger partial charge in [0, 0.05) is 13.2 Å². The van der Waals surface area contributed by atoms with Crippen LogP contribution >= 0.6 is 0 Å². The number of carbonyl (C=O) groups is 1. The van der Waals surface area contributed by atoms with Crippen molar-refractivity contribution in [2.75, 3.05) is 13.2 Å². The first kappa shape index (κ1) is 14.1. The number of aliphatic hydroxyl groups is 1. The lowest BCUT2D eigenvalue weighted by atomic mass is 9.88. The monoisotopic (exact) mass is 261 g/mol. The molecular weight excluding hydrogens is 238 g/mol. The summed E-state index contributed by atoms with van der Waals surface area (Å²) in [6.07, 6.45) is 2.57. The molecule has 19 heavy (non-hydrogen) atoms. The van der Waals surface area contributed by atoms with E-state index < -0.39 is 0 Å². The third kappa shape index (κ3) is 3.16. The molecule has 104 valence electrons. The number of carbonyl (C=O) groups excluding carboxylic acids is 1. The minimum atomic E-state index is -0.295. The van der Waals surface area contributed by atoms with Crippen LogP contribution in [0.5, 0.6) is 0 Å². The molecule has 1 fully saturated rings. The van der Waals surface area contributed by atoms with Crippen molar-refractivity contribution in [3.8, 4) is 0 Å². The van der Waals surface area contributed by atoms with Crippen molar-refractivity contribution in [2.24, 2.45) is 5.41 Å². The molecule has 1 saturated carbocycles. The predicted molar refractivity (Wildman–Crippen MR) is 75.8 cm³/mol. The number of nitrogens with one attached hydrogen (secondary N) is 1. The highest BCUT2D eigenvalue weighted by atomic mass is 16.3. The highest BCUT2D eigenvalue weighted by molar-refractivity contribution is 5.91. The molecule has 0 bridgehead atoms. The highest BCUT2D eigenvalue weighted by Crippen LogP contribution is 2.48. The first-order chi connectivity index (χ1) is 9.00. The molecule has 1 aliphatic rings. The average molecular weight is 261 g/mol. The van der Waals surface area contributed by atoms with Crippen LogP contribution in [-0.4, -0.2) is 24.2 Å². The van der Waals surface area contributed by atoms with Gasteiger partial charge < -0.3 is 10.4 Å². The van der Waals surface area contributed by atoms with Gasteiger partial charge in [-0.3, -0.25) is 4.79 Å². The third-order valence-electron chi connectivity index (χ3n) is 4.03. The first-order valence-electron chi connectivity index (χ1n) is 6.95. The van der Waals surface area contributed by atoms with Crippen LogP contribution in [-0.2, 0) is 10.2 Å². The van der Waals surface area contributed by atoms with Crippen LogP contribution in [0.15, 0.2) is 30.3 Å². The summed E-state index contributed by atoms with van der Waals surface area (Å²) in [4.78, 5) is 12.4. The van der Waals surface area contributed by atoms with Crippen molar-refractivity contribution < 1.29 is 9.90 Å². The normalized spacial score (nSPS) is 17.0. The minimum absolute atomic E-state index is 0.0584. The fraction of sp³-hybridized carbons (Fsp3) is 0.562. The van der Waals surface area contributed by atoms with E-state index in [1.807, 2.05) is 30.3 Å². The lowest BCUT2D eigenvalue weighted by Crippen LogP contribution is -2.40. The van der Waals surface area contributed by atoms with Crippen LogP contribution in [0.1, 0.15) is 38.7 Å². The van der Waals surface area contributed by atoms with E-state index in [0.29, 0.717) is 13.0 Å². The maximum absolute atomic E-state index is 12.4. The maximum atomic E-state index is 12.4. The Balaban J connectivity index is 1.98. The second-order valence-corrected chi connectivity index (χ2v) is 6.27. The van der Waals surface area contributed by atoms with Crippen LogP contribution < -0.4 is 5.32 Å². The average Bonchev–Trinajstić information content (AvgIpc) is 3.19. The Morgan fingerprint density at radius 2 is 1.95 bits per heavy atom. The number of benzene rings is 1. The summed E-state index contributed by atoms with van der Waals surface area (Å²) in [6.45, 7) is 4.89. The summed E-state index contributed by atoms with van der Waals surface area (Å²) >= 11 is 0. The van der Waals surface area contributed by atoms with Crippen LogP contribution in [0.2, 0.25) is 0 Å². The van der Waals surface area contributed by atoms with Gasteiger partial charge in [0.2, 0.25) is 5.91 Å². The van der Waals surface area contributed by atoms with Gasteiger partial charge in [0.1, 0.15) is 0 Å². The van der Waals surface area contributed by atoms with E-state index in [9.17, 15) is 4.79 Å². The second kappa shape index (κ2) is 5.33. The van der Waals surface area contributed by atoms with Gasteiger partial charge in [0.05, 0.1) is 5.41 Å². The van der Waals surface area contributed by atoms with Crippen molar-refractivity contribution in [3.05, 3.63) is 35.9 Å². The SMILES string of the molecule is CC(C)(CCO)CNC(=O)C1(c2ccccc2)CC1. The third-order valence-corrected chi connectivity index (χ3v) is 4.03. The number of hydrogen-bond acceptors (Lipinski definition) is 2. The lowest BCUT2D eigenvalue weighted by Gasteiger charge is -2.25. The molecule has 3 heteroatoms. The van der Waals surface area contributed by atoms with Gasteiger partial charge in [-0.05, 0) is 30.2 Å². The van der Waals surface area contributed by atoms with Gasteiger partial charge >= 0.3 is 0 Å². The summed E-state index contributed by atoms with van der Waals surface area (Å²) < 4.78 is 0. The standard InChI is InChI=1S/C16H23NO2/c1-15(2,10-11-18)12-17-14(19)16(8-9-16)13-6-4-3-5-7-13/h3-7,18H,8-12H2,1-2H3,(H,17,19). The Labute approximate surface area is 115 Å². The summed E-state index contributed by atoms with van der Waals surface area (Å²) in [5.74, 6) is 0.129. The Hall–Kier alpha value is -1.35. The van der Waals surface area contributed by atoms with Gasteiger partial charge in [-0.2, -0.15) is 0 Å². The van der Waals surface area contributed by atoms with Crippen molar-refractivity contribution in [1.82, 2.24) is 5.32 Å². The van der Waals surface area contributed by atoms with E-state index in [-0.39, 0.29) is 23.3 Å². The Kier molecular flexibility index (Phi) is 3.95. The topological polar surface area (TPSA) is 49.3 Å². The van der Waals surface area contributed by atoms with Gasteiger partial charge in [-0.15, -0.1) is 0 Å². The van der Waals surface area contributed by atoms with Gasteiger partial charge in [0.25, 0.3) is 0 Å². The van der Waals surface area contributed by atoms with Crippen LogP contribution in [0.4, 0.5) is 0 Å². The molecule has 0 spiro atoms. The van der Waals surface area contributed by atoms with E-state index in [1.165, 1.54) is 0 Å². The summed E-state index contributed by atoms with van der Waals surface area (Å²) in [5, 5.41) is 12.1. The first-order valence-corrected chi connectivity index (χ1v) is 6.95. The zero-order valence-electron chi connectivity index (χ0n) is 11.8. The Morgan fingerprint density at radius 1 is 1.32 bits per heavy atom. The van der Waals surface area contributed by atoms with Crippen molar-refractivity contribution in [1.29, 1.82) is 0 Å². The van der Waals surface area contributed by atoms with Crippen molar-refractivity contribution in [2.45, 2.75) is 38.5 Å². The molecule has 2 rings (SSSR count). The van der Waals surface area contributed by atoms with Crippen molar-refractivity contribution in [3.63, 3.8) is 0 Å². The lowest BCUT2D eigenvalue weighted by molar-refractivity contribution is -0.124. The zero-order valence-corrected chi connectivity index (χ0v) is 11.8. The molecule has 1 aromatic rings. The van der Waals surface area contributed by atoms with E-state index in [4.69, 9.17) is 5.11 Å². The molecular formula is C16H23NO2. The smallest absolute Gasteiger partial charge is 0.230 e. The fourth-order valence-electron chi connectivity index (χ4n) is 2.41. The molecule has 2 N–H and O–H groups in total. The summed E-state index contributed by atoms with van der Waals surface area (Å²) in [6, 6.07) is 10.0. The van der Waals surface area contributed by atoms with Crippen LogP contribution in [0, 0.1) is 5.41 Å². The largest absolute Gasteiger partial charge is 0.396 e. The number of aliphatic hydroxyl groups excluding tert-OH is 1. The molecule has 3 nitrogen and oxygen atoms in total. The Morgan fingerprint density at radius 3 is 2.47 bits per heavy atom. The molecule has 0 unspecified atom stereocenters. The van der Waals surface area contributed by atoms with Crippen LogP contribution in [0.3, 0.4) is 0 Å². The molecule has 1 aliphatic carbocycles. The molecule has 1 aromatic carbocycles.